The van der Waals surface area contributed by atoms with Crippen molar-refractivity contribution in [3.05, 3.63) is 0 Å². The highest BCUT2D eigenvalue weighted by Gasteiger charge is 2.11. The lowest BCUT2D eigenvalue weighted by Gasteiger charge is -2.26. The van der Waals surface area contributed by atoms with E-state index in [0.717, 1.165) is 31.5 Å². The van der Waals surface area contributed by atoms with Gasteiger partial charge in [-0.05, 0) is 77.9 Å². The molecule has 0 aliphatic carbocycles. The Hall–Kier alpha value is -0.490. The van der Waals surface area contributed by atoms with E-state index in [1.54, 1.807) is 0 Å². The lowest BCUT2D eigenvalue weighted by molar-refractivity contribution is -0.0980. The Labute approximate surface area is 209 Å². The van der Waals surface area contributed by atoms with Crippen molar-refractivity contribution in [2.24, 2.45) is 11.8 Å². The number of nitrogens with zero attached hydrogens (tertiary/aromatic N) is 2. The molecule has 0 aromatic rings. The average Bonchev–Trinajstić information content (AvgIpc) is 2.72. The molecule has 5 nitrogen and oxygen atoms in total. The molecule has 204 valence electrons. The van der Waals surface area contributed by atoms with E-state index in [1.165, 1.54) is 64.6 Å². The molecule has 2 unspecified atom stereocenters. The molecule has 0 saturated carbocycles. The van der Waals surface area contributed by atoms with Crippen LogP contribution in [0.2, 0.25) is 0 Å². The molecule has 0 amide bonds. The Bertz CT molecular complexity index is 342. The van der Waals surface area contributed by atoms with Crippen molar-refractivity contribution in [3.8, 4) is 0 Å². The van der Waals surface area contributed by atoms with Crippen LogP contribution in [0.5, 0.6) is 0 Å². The van der Waals surface area contributed by atoms with Crippen LogP contribution in [0.15, 0.2) is 0 Å². The quantitative estimate of drug-likeness (QED) is 0.215. The highest BCUT2D eigenvalue weighted by molar-refractivity contribution is 5.11. The lowest BCUT2D eigenvalue weighted by atomic mass is 10.0. The minimum atomic E-state index is -0.238. The fraction of sp³-hybridized carbons (Fsp3) is 0.964. The standard InChI is InChI=1S/C24H52N2O2.C2H6.CH2O.CH4/c1-8-28-24(15-11-13-16-25(7)20-23(6)27)14-10-9-12-17-26(18-21(2)3)19-22(4)5;2*1-2;/h21-24,27H,8-20H2,1-7H3;1-2H3;1H2;1H4. The molecule has 1 N–H and O–H groups in total. The molecular weight excluding hydrogens is 412 g/mol. The Kier molecular flexibility index (Phi) is 35.6. The Morgan fingerprint density at radius 1 is 0.788 bits per heavy atom. The van der Waals surface area contributed by atoms with Crippen LogP contribution in [0.3, 0.4) is 0 Å². The minimum Gasteiger partial charge on any atom is -0.392 e. The molecule has 5 heteroatoms. The van der Waals surface area contributed by atoms with Gasteiger partial charge in [-0.2, -0.15) is 0 Å². The van der Waals surface area contributed by atoms with E-state index in [2.05, 4.69) is 51.5 Å². The maximum atomic E-state index is 9.43. The number of ether oxygens (including phenoxy) is 1. The average molecular weight is 477 g/mol. The molecule has 0 aliphatic rings. The molecule has 0 bridgehead atoms. The van der Waals surface area contributed by atoms with E-state index in [1.807, 2.05) is 27.6 Å². The zero-order valence-electron chi connectivity index (χ0n) is 23.4. The summed E-state index contributed by atoms with van der Waals surface area (Å²) >= 11 is 0. The summed E-state index contributed by atoms with van der Waals surface area (Å²) in [4.78, 5) is 12.9. The molecule has 0 fully saturated rings. The molecule has 0 saturated heterocycles. The van der Waals surface area contributed by atoms with E-state index in [-0.39, 0.29) is 13.5 Å². The summed E-state index contributed by atoms with van der Waals surface area (Å²) in [6.45, 7) is 25.6. The number of aliphatic hydroxyl groups excluding tert-OH is 1. The monoisotopic (exact) mass is 476 g/mol. The number of aliphatic hydroxyl groups is 1. The molecular formula is C28H64N2O3. The number of carbonyl (C=O) groups excluding carboxylic acids is 1. The van der Waals surface area contributed by atoms with Crippen molar-refractivity contribution in [1.82, 2.24) is 9.80 Å². The fourth-order valence-corrected chi connectivity index (χ4v) is 4.02. The van der Waals surface area contributed by atoms with Crippen LogP contribution >= 0.6 is 0 Å². The molecule has 0 rings (SSSR count). The first-order valence-electron chi connectivity index (χ1n) is 13.2. The van der Waals surface area contributed by atoms with Gasteiger partial charge in [0.15, 0.2) is 0 Å². The second-order valence-corrected chi connectivity index (χ2v) is 9.58. The van der Waals surface area contributed by atoms with Crippen LogP contribution < -0.4 is 0 Å². The maximum Gasteiger partial charge on any atom is 0.106 e. The van der Waals surface area contributed by atoms with Gasteiger partial charge in [0.05, 0.1) is 12.2 Å². The fourth-order valence-electron chi connectivity index (χ4n) is 4.02. The van der Waals surface area contributed by atoms with Gasteiger partial charge in [0.2, 0.25) is 0 Å². The number of hydrogen-bond donors (Lipinski definition) is 1. The van der Waals surface area contributed by atoms with Crippen molar-refractivity contribution in [1.29, 1.82) is 0 Å². The number of hydrogen-bond acceptors (Lipinski definition) is 5. The predicted octanol–water partition coefficient (Wildman–Crippen LogP) is 6.53. The summed E-state index contributed by atoms with van der Waals surface area (Å²) < 4.78 is 5.98. The van der Waals surface area contributed by atoms with Gasteiger partial charge in [-0.1, -0.05) is 61.8 Å². The topological polar surface area (TPSA) is 53.0 Å². The van der Waals surface area contributed by atoms with Crippen molar-refractivity contribution in [2.45, 2.75) is 120 Å². The molecule has 0 radical (unpaired) electrons. The zero-order chi connectivity index (χ0) is 25.4. The second-order valence-electron chi connectivity index (χ2n) is 9.58. The van der Waals surface area contributed by atoms with E-state index >= 15 is 0 Å². The highest BCUT2D eigenvalue weighted by atomic mass is 16.5. The van der Waals surface area contributed by atoms with E-state index in [9.17, 15) is 5.11 Å². The third-order valence-corrected chi connectivity index (χ3v) is 5.04. The van der Waals surface area contributed by atoms with E-state index < -0.39 is 0 Å². The summed E-state index contributed by atoms with van der Waals surface area (Å²) in [5, 5.41) is 9.43. The van der Waals surface area contributed by atoms with Crippen molar-refractivity contribution < 1.29 is 14.6 Å². The van der Waals surface area contributed by atoms with Gasteiger partial charge in [0.25, 0.3) is 0 Å². The second kappa shape index (κ2) is 29.5. The van der Waals surface area contributed by atoms with Gasteiger partial charge in [-0.15, -0.1) is 0 Å². The molecule has 0 aliphatic heterocycles. The molecule has 0 aromatic heterocycles. The van der Waals surface area contributed by atoms with Crippen LogP contribution in [0.25, 0.3) is 0 Å². The van der Waals surface area contributed by atoms with Gasteiger partial charge in [0.1, 0.15) is 6.79 Å². The molecule has 0 aromatic carbocycles. The largest absolute Gasteiger partial charge is 0.392 e. The number of likely N-dealkylation sites (N-methyl/N-ethyl adjacent to an activating group) is 1. The summed E-state index contributed by atoms with van der Waals surface area (Å²) in [5.41, 5.74) is 0. The summed E-state index contributed by atoms with van der Waals surface area (Å²) in [6.07, 6.45) is 8.86. The normalized spacial score (nSPS) is 12.7. The number of carbonyl (C=O) groups is 1. The molecule has 0 spiro atoms. The van der Waals surface area contributed by atoms with Crippen LogP contribution in [0.1, 0.15) is 108 Å². The SMILES string of the molecule is C.C=O.CC.CCOC(CCCCCN(CC(C)C)CC(C)C)CCCCN(C)CC(C)O. The van der Waals surface area contributed by atoms with Crippen LogP contribution in [-0.2, 0) is 9.53 Å². The summed E-state index contributed by atoms with van der Waals surface area (Å²) in [7, 11) is 2.09. The van der Waals surface area contributed by atoms with Crippen LogP contribution in [0.4, 0.5) is 0 Å². The van der Waals surface area contributed by atoms with Gasteiger partial charge in [-0.3, -0.25) is 0 Å². The Balaban J connectivity index is -0.000000792. The Morgan fingerprint density at radius 3 is 1.67 bits per heavy atom. The summed E-state index contributed by atoms with van der Waals surface area (Å²) in [6, 6.07) is 0. The zero-order valence-corrected chi connectivity index (χ0v) is 23.4. The van der Waals surface area contributed by atoms with Crippen molar-refractivity contribution >= 4 is 6.79 Å². The molecule has 2 atom stereocenters. The van der Waals surface area contributed by atoms with Crippen LogP contribution in [0, 0.1) is 11.8 Å². The third kappa shape index (κ3) is 31.5. The lowest BCUT2D eigenvalue weighted by Crippen LogP contribution is -2.32. The third-order valence-electron chi connectivity index (χ3n) is 5.04. The maximum absolute atomic E-state index is 9.43. The molecule has 0 heterocycles. The Morgan fingerprint density at radius 2 is 1.24 bits per heavy atom. The summed E-state index contributed by atoms with van der Waals surface area (Å²) in [5.74, 6) is 1.50. The van der Waals surface area contributed by atoms with Gasteiger partial charge >= 0.3 is 0 Å². The molecule has 33 heavy (non-hydrogen) atoms. The van der Waals surface area contributed by atoms with Crippen molar-refractivity contribution in [3.63, 3.8) is 0 Å². The number of unbranched alkanes of at least 4 members (excludes halogenated alkanes) is 3. The van der Waals surface area contributed by atoms with E-state index in [4.69, 9.17) is 9.53 Å². The van der Waals surface area contributed by atoms with E-state index in [0.29, 0.717) is 6.10 Å². The van der Waals surface area contributed by atoms with Gasteiger partial charge in [0, 0.05) is 26.2 Å². The minimum absolute atomic E-state index is 0. The highest BCUT2D eigenvalue weighted by Crippen LogP contribution is 2.15. The number of rotatable bonds is 19. The van der Waals surface area contributed by atoms with Crippen molar-refractivity contribution in [2.75, 3.05) is 46.4 Å². The first-order valence-corrected chi connectivity index (χ1v) is 13.2. The van der Waals surface area contributed by atoms with Gasteiger partial charge < -0.3 is 24.4 Å². The van der Waals surface area contributed by atoms with Gasteiger partial charge in [-0.25, -0.2) is 0 Å². The first-order chi connectivity index (χ1) is 15.2. The smallest absolute Gasteiger partial charge is 0.106 e. The first kappa shape index (κ1) is 39.7. The predicted molar refractivity (Wildman–Crippen MR) is 148 cm³/mol. The van der Waals surface area contributed by atoms with Crippen LogP contribution in [-0.4, -0.2) is 80.3 Å².